The topological polar surface area (TPSA) is 34.1 Å². The van der Waals surface area contributed by atoms with Crippen LogP contribution in [0.5, 0.6) is 5.88 Å². The smallest absolute Gasteiger partial charge is 0.237 e. The van der Waals surface area contributed by atoms with Gasteiger partial charge in [-0.1, -0.05) is 0 Å². The lowest BCUT2D eigenvalue weighted by Gasteiger charge is -2.09. The van der Waals surface area contributed by atoms with Crippen molar-refractivity contribution < 1.29 is 4.74 Å². The van der Waals surface area contributed by atoms with E-state index in [0.717, 1.165) is 12.2 Å². The zero-order valence-electron chi connectivity index (χ0n) is 10.4. The molecule has 5 heteroatoms. The van der Waals surface area contributed by atoms with E-state index in [0.29, 0.717) is 12.5 Å². The monoisotopic (exact) mass is 326 g/mol. The number of thiophene rings is 1. The summed E-state index contributed by atoms with van der Waals surface area (Å²) in [6.07, 6.45) is 1.74. The minimum absolute atomic E-state index is 0.620. The number of ether oxygens (including phenoxy) is 1. The molecule has 2 aromatic rings. The van der Waals surface area contributed by atoms with E-state index < -0.39 is 0 Å². The normalized spacial score (nSPS) is 10.4. The van der Waals surface area contributed by atoms with Crippen molar-refractivity contribution in [2.45, 2.75) is 20.4 Å². The number of aryl methyl sites for hydroxylation is 1. The molecule has 0 aromatic carbocycles. The largest absolute Gasteiger partial charge is 0.476 e. The lowest BCUT2D eigenvalue weighted by molar-refractivity contribution is 0.328. The maximum atomic E-state index is 5.47. The van der Waals surface area contributed by atoms with E-state index in [1.807, 2.05) is 19.1 Å². The van der Waals surface area contributed by atoms with Crippen molar-refractivity contribution in [2.24, 2.45) is 0 Å². The van der Waals surface area contributed by atoms with Gasteiger partial charge >= 0.3 is 0 Å². The van der Waals surface area contributed by atoms with Crippen molar-refractivity contribution in [3.05, 3.63) is 38.6 Å². The standard InChI is InChI=1S/C13H15BrN2OS/c1-3-17-13-12(5-4-6-15-13)16-8-10-7-11(14)9(2)18-10/h4-7,16H,3,8H2,1-2H3. The fraction of sp³-hybridized carbons (Fsp3) is 0.308. The second-order valence-corrected chi connectivity index (χ2v) is 5.95. The number of rotatable bonds is 5. The van der Waals surface area contributed by atoms with Gasteiger partial charge in [-0.2, -0.15) is 0 Å². The Morgan fingerprint density at radius 2 is 2.33 bits per heavy atom. The number of nitrogens with one attached hydrogen (secondary N) is 1. The lowest BCUT2D eigenvalue weighted by Crippen LogP contribution is -2.02. The van der Waals surface area contributed by atoms with Crippen LogP contribution in [0.2, 0.25) is 0 Å². The summed E-state index contributed by atoms with van der Waals surface area (Å²) < 4.78 is 6.64. The molecule has 0 unspecified atom stereocenters. The molecule has 96 valence electrons. The number of pyridine rings is 1. The van der Waals surface area contributed by atoms with E-state index in [9.17, 15) is 0 Å². The van der Waals surface area contributed by atoms with Gasteiger partial charge in [0.15, 0.2) is 0 Å². The Balaban J connectivity index is 2.05. The summed E-state index contributed by atoms with van der Waals surface area (Å²) in [6.45, 7) is 5.46. The van der Waals surface area contributed by atoms with Crippen LogP contribution in [0.15, 0.2) is 28.9 Å². The average Bonchev–Trinajstić information content (AvgIpc) is 2.68. The summed E-state index contributed by atoms with van der Waals surface area (Å²) in [5.41, 5.74) is 0.932. The molecular formula is C13H15BrN2OS. The van der Waals surface area contributed by atoms with Crippen LogP contribution in [0.25, 0.3) is 0 Å². The van der Waals surface area contributed by atoms with Gasteiger partial charge in [-0.25, -0.2) is 4.98 Å². The van der Waals surface area contributed by atoms with Gasteiger partial charge in [-0.05, 0) is 48.0 Å². The highest BCUT2D eigenvalue weighted by atomic mass is 79.9. The van der Waals surface area contributed by atoms with E-state index in [-0.39, 0.29) is 0 Å². The highest BCUT2D eigenvalue weighted by Crippen LogP contribution is 2.28. The second-order valence-electron chi connectivity index (χ2n) is 3.76. The molecule has 2 heterocycles. The van der Waals surface area contributed by atoms with Crippen molar-refractivity contribution in [1.82, 2.24) is 4.98 Å². The summed E-state index contributed by atoms with van der Waals surface area (Å²) in [6, 6.07) is 6.03. The Kier molecular flexibility index (Phi) is 4.60. The molecule has 2 rings (SSSR count). The molecular weight excluding hydrogens is 312 g/mol. The summed E-state index contributed by atoms with van der Waals surface area (Å²) >= 11 is 5.31. The number of hydrogen-bond donors (Lipinski definition) is 1. The Bertz CT molecular complexity index is 508. The number of nitrogens with zero attached hydrogens (tertiary/aromatic N) is 1. The highest BCUT2D eigenvalue weighted by Gasteiger charge is 2.06. The van der Waals surface area contributed by atoms with Crippen molar-refractivity contribution in [3.63, 3.8) is 0 Å². The van der Waals surface area contributed by atoms with Crippen LogP contribution in [0.1, 0.15) is 16.7 Å². The van der Waals surface area contributed by atoms with Crippen LogP contribution in [0, 0.1) is 6.92 Å². The van der Waals surface area contributed by atoms with Crippen LogP contribution in [-0.4, -0.2) is 11.6 Å². The molecule has 18 heavy (non-hydrogen) atoms. The molecule has 2 aromatic heterocycles. The van der Waals surface area contributed by atoms with Gasteiger partial charge in [0.1, 0.15) is 0 Å². The minimum atomic E-state index is 0.620. The van der Waals surface area contributed by atoms with Crippen LogP contribution < -0.4 is 10.1 Å². The Morgan fingerprint density at radius 3 is 3.00 bits per heavy atom. The molecule has 0 amide bonds. The quantitative estimate of drug-likeness (QED) is 0.892. The SMILES string of the molecule is CCOc1ncccc1NCc1cc(Br)c(C)s1. The van der Waals surface area contributed by atoms with Crippen LogP contribution in [-0.2, 0) is 6.54 Å². The molecule has 0 bridgehead atoms. The number of aromatic nitrogens is 1. The zero-order valence-corrected chi connectivity index (χ0v) is 12.8. The minimum Gasteiger partial charge on any atom is -0.476 e. The van der Waals surface area contributed by atoms with Gasteiger partial charge in [0.25, 0.3) is 0 Å². The Labute approximate surface area is 119 Å². The third-order valence-corrected chi connectivity index (χ3v) is 4.55. The Morgan fingerprint density at radius 1 is 1.50 bits per heavy atom. The summed E-state index contributed by atoms with van der Waals surface area (Å²) in [4.78, 5) is 6.79. The van der Waals surface area contributed by atoms with Crippen LogP contribution in [0.3, 0.4) is 0 Å². The van der Waals surface area contributed by atoms with Gasteiger partial charge in [-0.3, -0.25) is 0 Å². The first-order valence-electron chi connectivity index (χ1n) is 5.77. The molecule has 0 fully saturated rings. The highest BCUT2D eigenvalue weighted by molar-refractivity contribution is 9.10. The molecule has 3 nitrogen and oxygen atoms in total. The maximum Gasteiger partial charge on any atom is 0.237 e. The van der Waals surface area contributed by atoms with Crippen molar-refractivity contribution in [2.75, 3.05) is 11.9 Å². The van der Waals surface area contributed by atoms with Crippen LogP contribution in [0.4, 0.5) is 5.69 Å². The summed E-state index contributed by atoms with van der Waals surface area (Å²) in [5, 5.41) is 3.36. The lowest BCUT2D eigenvalue weighted by atomic mass is 10.3. The van der Waals surface area contributed by atoms with E-state index in [4.69, 9.17) is 4.74 Å². The molecule has 0 saturated heterocycles. The maximum absolute atomic E-state index is 5.47. The van der Waals surface area contributed by atoms with E-state index in [2.05, 4.69) is 39.2 Å². The zero-order chi connectivity index (χ0) is 13.0. The molecule has 0 atom stereocenters. The van der Waals surface area contributed by atoms with Gasteiger partial charge in [-0.15, -0.1) is 11.3 Å². The van der Waals surface area contributed by atoms with Crippen LogP contribution >= 0.6 is 27.3 Å². The van der Waals surface area contributed by atoms with Crippen molar-refractivity contribution in [1.29, 1.82) is 0 Å². The predicted octanol–water partition coefficient (Wildman–Crippen LogP) is 4.22. The average molecular weight is 327 g/mol. The third-order valence-electron chi connectivity index (χ3n) is 2.41. The number of anilines is 1. The number of halogens is 1. The number of hydrogen-bond acceptors (Lipinski definition) is 4. The van der Waals surface area contributed by atoms with Gasteiger partial charge in [0.05, 0.1) is 12.3 Å². The fourth-order valence-electron chi connectivity index (χ4n) is 1.56. The van der Waals surface area contributed by atoms with Crippen molar-refractivity contribution in [3.8, 4) is 5.88 Å². The van der Waals surface area contributed by atoms with Gasteiger partial charge in [0.2, 0.25) is 5.88 Å². The second kappa shape index (κ2) is 6.20. The van der Waals surface area contributed by atoms with Gasteiger partial charge < -0.3 is 10.1 Å². The third kappa shape index (κ3) is 3.23. The molecule has 0 aliphatic heterocycles. The molecule has 0 aliphatic rings. The molecule has 0 spiro atoms. The first-order chi connectivity index (χ1) is 8.70. The summed E-state index contributed by atoms with van der Waals surface area (Å²) in [7, 11) is 0. The molecule has 0 saturated carbocycles. The molecule has 0 aliphatic carbocycles. The first kappa shape index (κ1) is 13.4. The predicted molar refractivity (Wildman–Crippen MR) is 79.5 cm³/mol. The Hall–Kier alpha value is -1.07. The van der Waals surface area contributed by atoms with E-state index in [1.165, 1.54) is 14.2 Å². The van der Waals surface area contributed by atoms with Gasteiger partial charge in [0, 0.05) is 27.0 Å². The first-order valence-corrected chi connectivity index (χ1v) is 7.38. The van der Waals surface area contributed by atoms with Crippen molar-refractivity contribution >= 4 is 33.0 Å². The van der Waals surface area contributed by atoms with E-state index >= 15 is 0 Å². The summed E-state index contributed by atoms with van der Waals surface area (Å²) in [5.74, 6) is 0.660. The molecule has 1 N–H and O–H groups in total. The van der Waals surface area contributed by atoms with E-state index in [1.54, 1.807) is 17.5 Å². The molecule has 0 radical (unpaired) electrons. The fourth-order valence-corrected chi connectivity index (χ4v) is 3.11.